The van der Waals surface area contributed by atoms with Gasteiger partial charge in [-0.25, -0.2) is 0 Å². The number of nitrogens with one attached hydrogen (secondary N) is 1. The smallest absolute Gasteiger partial charge is 0.232 e. The van der Waals surface area contributed by atoms with E-state index in [9.17, 15) is 9.59 Å². The Morgan fingerprint density at radius 2 is 1.60 bits per heavy atom. The summed E-state index contributed by atoms with van der Waals surface area (Å²) in [4.78, 5) is 30.8. The lowest BCUT2D eigenvalue weighted by atomic mass is 9.44. The Labute approximate surface area is 291 Å². The normalized spacial score (nSPS) is 47.8. The molecule has 12 atom stereocenters. The minimum Gasteiger partial charge on any atom is -0.353 e. The number of ether oxygens (including phenoxy) is 2. The number of likely N-dealkylation sites (tertiary alicyclic amines) is 2. The summed E-state index contributed by atoms with van der Waals surface area (Å²) >= 11 is 0. The molecule has 270 valence electrons. The van der Waals surface area contributed by atoms with Crippen LogP contribution in [-0.2, 0) is 19.1 Å². The van der Waals surface area contributed by atoms with E-state index in [4.69, 9.17) is 9.47 Å². The number of piperidine rings is 1. The van der Waals surface area contributed by atoms with Gasteiger partial charge in [0, 0.05) is 31.5 Å². The molecule has 0 aromatic heterocycles. The number of fused-ring (bicyclic) bond motifs is 7. The maximum Gasteiger partial charge on any atom is 0.232 e. The van der Waals surface area contributed by atoms with Gasteiger partial charge in [0.1, 0.15) is 6.42 Å². The summed E-state index contributed by atoms with van der Waals surface area (Å²) < 4.78 is 13.5. The van der Waals surface area contributed by atoms with Gasteiger partial charge in [-0.15, -0.1) is 0 Å². The van der Waals surface area contributed by atoms with Gasteiger partial charge in [-0.2, -0.15) is 0 Å². The molecule has 2 amide bonds. The average Bonchev–Trinajstić information content (AvgIpc) is 3.77. The molecular formula is C41H67N3O4. The molecule has 4 aliphatic heterocycles. The van der Waals surface area contributed by atoms with E-state index >= 15 is 0 Å². The predicted molar refractivity (Wildman–Crippen MR) is 188 cm³/mol. The van der Waals surface area contributed by atoms with Crippen molar-refractivity contribution in [2.45, 2.75) is 148 Å². The molecule has 0 radical (unpaired) electrons. The molecule has 7 heteroatoms. The van der Waals surface area contributed by atoms with E-state index < -0.39 is 0 Å². The topological polar surface area (TPSA) is 71.1 Å². The van der Waals surface area contributed by atoms with Gasteiger partial charge in [0.15, 0.2) is 5.79 Å². The van der Waals surface area contributed by atoms with E-state index in [1.54, 1.807) is 0 Å². The first-order valence-corrected chi connectivity index (χ1v) is 20.7. The van der Waals surface area contributed by atoms with E-state index in [0.29, 0.717) is 40.6 Å². The number of nitrogens with zero attached hydrogens (tertiary/aromatic N) is 2. The molecule has 4 heterocycles. The summed E-state index contributed by atoms with van der Waals surface area (Å²) in [5.74, 6) is 5.19. The van der Waals surface area contributed by atoms with Crippen molar-refractivity contribution in [3.8, 4) is 0 Å². The molecule has 8 aliphatic rings. The molecule has 4 saturated heterocycles. The van der Waals surface area contributed by atoms with Gasteiger partial charge in [-0.3, -0.25) is 9.59 Å². The van der Waals surface area contributed by atoms with Crippen LogP contribution in [0.1, 0.15) is 130 Å². The zero-order valence-electron chi connectivity index (χ0n) is 30.9. The standard InChI is InChI=1S/C41H67N3O4/c1-27-9-17-41(47-26-27)28(2)38-35(48-41)24-34-32-8-7-30-23-31(10-15-39(30,3)33(32)11-16-40(34,38)4)42-36(45)25-37(46)44-21-13-29(14-22-44)12-20-43-18-5-6-19-43/h27-35,38H,5-26H2,1-4H3,(H,42,45)/t27-,28-,30+,31?,32+,33?,34-,35-,38-,39-,40-,41+/m0/s1. The van der Waals surface area contributed by atoms with Gasteiger partial charge in [-0.05, 0) is 162 Å². The van der Waals surface area contributed by atoms with Crippen LogP contribution < -0.4 is 5.32 Å². The number of hydrogen-bond donors (Lipinski definition) is 1. The second kappa shape index (κ2) is 13.1. The van der Waals surface area contributed by atoms with E-state index in [2.05, 4.69) is 37.9 Å². The number of amides is 2. The molecule has 4 saturated carbocycles. The molecule has 2 unspecified atom stereocenters. The van der Waals surface area contributed by atoms with Crippen LogP contribution in [0.15, 0.2) is 0 Å². The van der Waals surface area contributed by atoms with Gasteiger partial charge in [0.25, 0.3) is 0 Å². The monoisotopic (exact) mass is 666 g/mol. The molecule has 1 spiro atoms. The molecule has 1 N–H and O–H groups in total. The maximum absolute atomic E-state index is 13.2. The largest absolute Gasteiger partial charge is 0.353 e. The van der Waals surface area contributed by atoms with Crippen LogP contribution in [-0.4, -0.2) is 78.9 Å². The van der Waals surface area contributed by atoms with E-state index in [1.807, 2.05) is 4.90 Å². The van der Waals surface area contributed by atoms with Gasteiger partial charge in [0.05, 0.1) is 12.7 Å². The van der Waals surface area contributed by atoms with Crippen molar-refractivity contribution in [3.63, 3.8) is 0 Å². The third-order valence-corrected chi connectivity index (χ3v) is 16.6. The van der Waals surface area contributed by atoms with Crippen LogP contribution >= 0.6 is 0 Å². The van der Waals surface area contributed by atoms with Gasteiger partial charge >= 0.3 is 0 Å². The fourth-order valence-electron chi connectivity index (χ4n) is 13.8. The van der Waals surface area contributed by atoms with Crippen molar-refractivity contribution in [2.75, 3.05) is 39.3 Å². The summed E-state index contributed by atoms with van der Waals surface area (Å²) in [5.41, 5.74) is 0.735. The maximum atomic E-state index is 13.2. The highest BCUT2D eigenvalue weighted by Gasteiger charge is 2.69. The highest BCUT2D eigenvalue weighted by Crippen LogP contribution is 2.71. The minimum atomic E-state index is -0.326. The Morgan fingerprint density at radius 1 is 0.833 bits per heavy atom. The molecule has 8 fully saturated rings. The summed E-state index contributed by atoms with van der Waals surface area (Å²) in [7, 11) is 0. The molecule has 4 aliphatic carbocycles. The van der Waals surface area contributed by atoms with Gasteiger partial charge in [0.2, 0.25) is 11.8 Å². The number of carbonyl (C=O) groups is 2. The van der Waals surface area contributed by atoms with Crippen molar-refractivity contribution in [2.24, 2.45) is 58.2 Å². The molecule has 0 aromatic rings. The van der Waals surface area contributed by atoms with Crippen molar-refractivity contribution >= 4 is 11.8 Å². The Bertz CT molecular complexity index is 1190. The molecular weight excluding hydrogens is 598 g/mol. The second-order valence-electron chi connectivity index (χ2n) is 19.1. The Morgan fingerprint density at radius 3 is 2.35 bits per heavy atom. The summed E-state index contributed by atoms with van der Waals surface area (Å²) in [6, 6.07) is 0.222. The highest BCUT2D eigenvalue weighted by atomic mass is 16.7. The van der Waals surface area contributed by atoms with Crippen LogP contribution in [0, 0.1) is 58.2 Å². The first kappa shape index (κ1) is 33.9. The summed E-state index contributed by atoms with van der Waals surface area (Å²) in [6.45, 7) is 16.3. The van der Waals surface area contributed by atoms with Crippen molar-refractivity contribution in [1.29, 1.82) is 0 Å². The number of hydrogen-bond acceptors (Lipinski definition) is 5. The van der Waals surface area contributed by atoms with E-state index in [0.717, 1.165) is 75.5 Å². The lowest BCUT2D eigenvalue weighted by Gasteiger charge is -2.61. The van der Waals surface area contributed by atoms with Crippen molar-refractivity contribution < 1.29 is 19.1 Å². The quantitative estimate of drug-likeness (QED) is 0.309. The van der Waals surface area contributed by atoms with E-state index in [1.165, 1.54) is 83.8 Å². The van der Waals surface area contributed by atoms with Crippen LogP contribution in [0.3, 0.4) is 0 Å². The first-order chi connectivity index (χ1) is 23.1. The number of carbonyl (C=O) groups excluding carboxylic acids is 2. The lowest BCUT2D eigenvalue weighted by molar-refractivity contribution is -0.273. The van der Waals surface area contributed by atoms with Gasteiger partial charge in [-0.1, -0.05) is 27.7 Å². The van der Waals surface area contributed by atoms with Crippen LogP contribution in [0.25, 0.3) is 0 Å². The van der Waals surface area contributed by atoms with Crippen molar-refractivity contribution in [3.05, 3.63) is 0 Å². The molecule has 8 rings (SSSR count). The third-order valence-electron chi connectivity index (χ3n) is 16.6. The predicted octanol–water partition coefficient (Wildman–Crippen LogP) is 7.03. The SMILES string of the molecule is C[C@H]1CC[C@@]2(OC1)O[C@H]1C[C@H]3[C@@H]4CC[C@@H]5CC(NC(=O)CC(=O)N6CCC(CCN7CCCC7)CC6)CC[C@]5(C)C4CC[C@]3(C)[C@H]1[C@@H]2C. The highest BCUT2D eigenvalue weighted by molar-refractivity contribution is 5.97. The first-order valence-electron chi connectivity index (χ1n) is 20.7. The van der Waals surface area contributed by atoms with Crippen LogP contribution in [0.5, 0.6) is 0 Å². The molecule has 7 nitrogen and oxygen atoms in total. The lowest BCUT2D eigenvalue weighted by Crippen LogP contribution is -2.56. The van der Waals surface area contributed by atoms with Crippen LogP contribution in [0.2, 0.25) is 0 Å². The average molecular weight is 666 g/mol. The van der Waals surface area contributed by atoms with Crippen LogP contribution in [0.4, 0.5) is 0 Å². The van der Waals surface area contributed by atoms with Gasteiger partial charge < -0.3 is 24.6 Å². The van der Waals surface area contributed by atoms with Crippen molar-refractivity contribution in [1.82, 2.24) is 15.1 Å². The number of rotatable bonds is 6. The zero-order valence-corrected chi connectivity index (χ0v) is 30.9. The Kier molecular flexibility index (Phi) is 9.26. The molecule has 48 heavy (non-hydrogen) atoms. The Balaban J connectivity index is 0.820. The fraction of sp³-hybridized carbons (Fsp3) is 0.951. The fourth-order valence-corrected chi connectivity index (χ4v) is 13.8. The van der Waals surface area contributed by atoms with E-state index in [-0.39, 0.29) is 30.1 Å². The zero-order chi connectivity index (χ0) is 33.3. The minimum absolute atomic E-state index is 0.0238. The summed E-state index contributed by atoms with van der Waals surface area (Å²) in [6.07, 6.45) is 18.7. The third kappa shape index (κ3) is 5.90. The molecule has 0 aromatic carbocycles. The summed E-state index contributed by atoms with van der Waals surface area (Å²) in [5, 5.41) is 3.36. The Hall–Kier alpha value is -1.18. The second-order valence-corrected chi connectivity index (χ2v) is 19.1. The molecule has 0 bridgehead atoms.